The van der Waals surface area contributed by atoms with E-state index in [1.807, 2.05) is 0 Å². The van der Waals surface area contributed by atoms with Crippen molar-refractivity contribution in [1.82, 2.24) is 10.2 Å². The van der Waals surface area contributed by atoms with Crippen LogP contribution in [0.1, 0.15) is 64.7 Å². The summed E-state index contributed by atoms with van der Waals surface area (Å²) in [6, 6.07) is 0. The van der Waals surface area contributed by atoms with Gasteiger partial charge in [-0.2, -0.15) is 0 Å². The van der Waals surface area contributed by atoms with Crippen molar-refractivity contribution < 1.29 is 0 Å². The third-order valence-electron chi connectivity index (χ3n) is 3.98. The fourth-order valence-corrected chi connectivity index (χ4v) is 2.71. The Labute approximate surface area is 108 Å². The number of unbranched alkanes of at least 4 members (excludes halogenated alkanes) is 1. The predicted octanol–water partition coefficient (Wildman–Crippen LogP) is 3.63. The Morgan fingerprint density at radius 3 is 2.47 bits per heavy atom. The largest absolute Gasteiger partial charge is 0.304 e. The summed E-state index contributed by atoms with van der Waals surface area (Å²) in [5.74, 6) is 1.01. The number of nitrogens with zero attached hydrogens (tertiary/aromatic N) is 1. The van der Waals surface area contributed by atoms with E-state index in [9.17, 15) is 0 Å². The molecule has 1 rings (SSSR count). The third kappa shape index (κ3) is 7.77. The lowest BCUT2D eigenvalue weighted by atomic mass is 9.96. The Bertz CT molecular complexity index is 162. The van der Waals surface area contributed by atoms with Gasteiger partial charge < -0.3 is 5.32 Å². The van der Waals surface area contributed by atoms with Crippen LogP contribution in [0, 0.1) is 5.92 Å². The topological polar surface area (TPSA) is 15.3 Å². The summed E-state index contributed by atoms with van der Waals surface area (Å²) in [6.07, 6.45) is 12.9. The maximum atomic E-state index is 3.51. The smallest absolute Gasteiger partial charge is 0.0477 e. The van der Waals surface area contributed by atoms with Crippen LogP contribution < -0.4 is 5.32 Å². The van der Waals surface area contributed by atoms with E-state index in [1.165, 1.54) is 70.9 Å². The highest BCUT2D eigenvalue weighted by molar-refractivity contribution is 4.66. The molecule has 1 fully saturated rings. The molecule has 0 heterocycles. The van der Waals surface area contributed by atoms with Crippen LogP contribution in [0.25, 0.3) is 0 Å². The van der Waals surface area contributed by atoms with Crippen LogP contribution in [0.2, 0.25) is 0 Å². The summed E-state index contributed by atoms with van der Waals surface area (Å²) < 4.78 is 0. The molecule has 1 aliphatic carbocycles. The van der Waals surface area contributed by atoms with Gasteiger partial charge in [-0.1, -0.05) is 51.9 Å². The van der Waals surface area contributed by atoms with E-state index >= 15 is 0 Å². The van der Waals surface area contributed by atoms with Crippen molar-refractivity contribution in [3.8, 4) is 0 Å². The molecule has 17 heavy (non-hydrogen) atoms. The lowest BCUT2D eigenvalue weighted by Crippen LogP contribution is -2.33. The second-order valence-corrected chi connectivity index (χ2v) is 5.74. The van der Waals surface area contributed by atoms with Gasteiger partial charge in [0.15, 0.2) is 0 Å². The highest BCUT2D eigenvalue weighted by Gasteiger charge is 2.12. The summed E-state index contributed by atoms with van der Waals surface area (Å²) in [7, 11) is 2.25. The first-order valence-corrected chi connectivity index (χ1v) is 7.72. The maximum Gasteiger partial charge on any atom is 0.0477 e. The zero-order chi connectivity index (χ0) is 12.3. The van der Waals surface area contributed by atoms with E-state index in [4.69, 9.17) is 0 Å². The molecule has 0 aromatic heterocycles. The van der Waals surface area contributed by atoms with Crippen LogP contribution in [-0.2, 0) is 0 Å². The Hall–Kier alpha value is -0.0800. The SMILES string of the molecule is CCCCNCN(C)CCC1CCCCCC1. The van der Waals surface area contributed by atoms with Gasteiger partial charge in [0.25, 0.3) is 0 Å². The van der Waals surface area contributed by atoms with Crippen LogP contribution in [0.5, 0.6) is 0 Å². The predicted molar refractivity (Wildman–Crippen MR) is 76.2 cm³/mol. The van der Waals surface area contributed by atoms with Gasteiger partial charge in [-0.15, -0.1) is 0 Å². The Morgan fingerprint density at radius 2 is 1.82 bits per heavy atom. The normalized spacial score (nSPS) is 18.5. The monoisotopic (exact) mass is 240 g/mol. The van der Waals surface area contributed by atoms with E-state index in [0.29, 0.717) is 0 Å². The lowest BCUT2D eigenvalue weighted by molar-refractivity contribution is 0.270. The molecule has 1 N–H and O–H groups in total. The summed E-state index contributed by atoms with van der Waals surface area (Å²) in [5, 5.41) is 3.51. The average molecular weight is 240 g/mol. The minimum Gasteiger partial charge on any atom is -0.304 e. The fraction of sp³-hybridized carbons (Fsp3) is 1.00. The minimum absolute atomic E-state index is 1.01. The van der Waals surface area contributed by atoms with Crippen molar-refractivity contribution in [3.63, 3.8) is 0 Å². The lowest BCUT2D eigenvalue weighted by Gasteiger charge is -2.21. The zero-order valence-corrected chi connectivity index (χ0v) is 12.0. The molecule has 2 nitrogen and oxygen atoms in total. The molecule has 0 aromatic rings. The molecule has 0 unspecified atom stereocenters. The third-order valence-corrected chi connectivity index (χ3v) is 3.98. The van der Waals surface area contributed by atoms with Crippen LogP contribution in [0.3, 0.4) is 0 Å². The zero-order valence-electron chi connectivity index (χ0n) is 12.0. The highest BCUT2D eigenvalue weighted by atomic mass is 15.2. The molecule has 0 aliphatic heterocycles. The van der Waals surface area contributed by atoms with E-state index in [0.717, 1.165) is 12.6 Å². The quantitative estimate of drug-likeness (QED) is 0.396. The molecule has 0 atom stereocenters. The van der Waals surface area contributed by atoms with Crippen molar-refractivity contribution >= 4 is 0 Å². The van der Waals surface area contributed by atoms with Crippen molar-refractivity contribution in [2.24, 2.45) is 5.92 Å². The van der Waals surface area contributed by atoms with Gasteiger partial charge in [-0.3, -0.25) is 4.90 Å². The Morgan fingerprint density at radius 1 is 1.12 bits per heavy atom. The maximum absolute atomic E-state index is 3.51. The Balaban J connectivity index is 1.99. The molecule has 102 valence electrons. The first kappa shape index (κ1) is 15.0. The molecule has 0 bridgehead atoms. The van der Waals surface area contributed by atoms with Crippen LogP contribution in [0.15, 0.2) is 0 Å². The van der Waals surface area contributed by atoms with Gasteiger partial charge in [0.2, 0.25) is 0 Å². The minimum atomic E-state index is 1.01. The van der Waals surface area contributed by atoms with Gasteiger partial charge in [-0.05, 0) is 38.9 Å². The van der Waals surface area contributed by atoms with Crippen molar-refractivity contribution in [3.05, 3.63) is 0 Å². The summed E-state index contributed by atoms with van der Waals surface area (Å²) in [4.78, 5) is 2.44. The summed E-state index contributed by atoms with van der Waals surface area (Å²) >= 11 is 0. The molecule has 2 heteroatoms. The van der Waals surface area contributed by atoms with Crippen LogP contribution >= 0.6 is 0 Å². The van der Waals surface area contributed by atoms with E-state index in [1.54, 1.807) is 0 Å². The number of nitrogens with one attached hydrogen (secondary N) is 1. The number of hydrogen-bond donors (Lipinski definition) is 1. The summed E-state index contributed by atoms with van der Waals surface area (Å²) in [6.45, 7) is 5.75. The molecular weight excluding hydrogens is 208 g/mol. The second-order valence-electron chi connectivity index (χ2n) is 5.74. The Kier molecular flexibility index (Phi) is 8.72. The van der Waals surface area contributed by atoms with Crippen LogP contribution in [-0.4, -0.2) is 31.7 Å². The average Bonchev–Trinajstić information content (AvgIpc) is 2.60. The van der Waals surface area contributed by atoms with Gasteiger partial charge in [-0.25, -0.2) is 0 Å². The van der Waals surface area contributed by atoms with E-state index in [2.05, 4.69) is 24.2 Å². The van der Waals surface area contributed by atoms with Gasteiger partial charge in [0, 0.05) is 6.67 Å². The molecule has 1 aliphatic rings. The standard InChI is InChI=1S/C15H32N2/c1-3-4-12-16-14-17(2)13-11-15-9-7-5-6-8-10-15/h15-16H,3-14H2,1-2H3. The van der Waals surface area contributed by atoms with Crippen LogP contribution in [0.4, 0.5) is 0 Å². The molecular formula is C15H32N2. The van der Waals surface area contributed by atoms with E-state index in [-0.39, 0.29) is 0 Å². The first-order chi connectivity index (χ1) is 8.33. The highest BCUT2D eigenvalue weighted by Crippen LogP contribution is 2.25. The molecule has 0 spiro atoms. The molecule has 0 radical (unpaired) electrons. The van der Waals surface area contributed by atoms with Gasteiger partial charge >= 0.3 is 0 Å². The number of rotatable bonds is 8. The van der Waals surface area contributed by atoms with Crippen molar-refractivity contribution in [2.45, 2.75) is 64.7 Å². The van der Waals surface area contributed by atoms with Gasteiger partial charge in [0.1, 0.15) is 0 Å². The van der Waals surface area contributed by atoms with Crippen molar-refractivity contribution in [1.29, 1.82) is 0 Å². The first-order valence-electron chi connectivity index (χ1n) is 7.72. The van der Waals surface area contributed by atoms with E-state index < -0.39 is 0 Å². The van der Waals surface area contributed by atoms with Crippen molar-refractivity contribution in [2.75, 3.05) is 26.8 Å². The number of hydrogen-bond acceptors (Lipinski definition) is 2. The fourth-order valence-electron chi connectivity index (χ4n) is 2.71. The molecule has 0 amide bonds. The summed E-state index contributed by atoms with van der Waals surface area (Å²) in [5.41, 5.74) is 0. The molecule has 0 saturated heterocycles. The molecule has 0 aromatic carbocycles. The second kappa shape index (κ2) is 9.90. The van der Waals surface area contributed by atoms with Gasteiger partial charge in [0.05, 0.1) is 0 Å². The molecule has 1 saturated carbocycles.